The molecule has 0 fully saturated rings. The van der Waals surface area contributed by atoms with Crippen molar-refractivity contribution < 1.29 is 27.5 Å². The van der Waals surface area contributed by atoms with E-state index in [9.17, 15) is 13.2 Å². The summed E-state index contributed by atoms with van der Waals surface area (Å²) in [6.07, 6.45) is -3.39. The molecule has 0 spiro atoms. The molecular weight excluding hydrogens is 387 g/mol. The molecule has 0 saturated carbocycles. The van der Waals surface area contributed by atoms with Crippen LogP contribution in [0.25, 0.3) is 0 Å². The minimum Gasteiger partial charge on any atom is -0.457 e. The lowest BCUT2D eigenvalue weighted by molar-refractivity contribution is -0.141. The molecule has 0 radical (unpaired) electrons. The molecule has 29 heavy (non-hydrogen) atoms. The predicted octanol–water partition coefficient (Wildman–Crippen LogP) is 4.73. The molecule has 1 atom stereocenters. The van der Waals surface area contributed by atoms with Crippen molar-refractivity contribution in [2.45, 2.75) is 12.3 Å². The van der Waals surface area contributed by atoms with Crippen molar-refractivity contribution in [1.29, 1.82) is 0 Å². The van der Waals surface area contributed by atoms with Crippen LogP contribution in [0, 0.1) is 0 Å². The topological polar surface area (TPSA) is 57.5 Å². The zero-order chi connectivity index (χ0) is 20.4. The highest BCUT2D eigenvalue weighted by Gasteiger charge is 2.35. The van der Waals surface area contributed by atoms with Gasteiger partial charge in [-0.25, -0.2) is 10.2 Å². The number of aromatic nitrogens is 2. The van der Waals surface area contributed by atoms with E-state index in [0.29, 0.717) is 5.75 Å². The molecule has 1 aliphatic heterocycles. The smallest absolute Gasteiger partial charge is 0.435 e. The average Bonchev–Trinajstić information content (AvgIpc) is 3.31. The fourth-order valence-electron chi connectivity index (χ4n) is 2.69. The van der Waals surface area contributed by atoms with Crippen molar-refractivity contribution in [3.05, 3.63) is 83.9 Å². The van der Waals surface area contributed by atoms with Gasteiger partial charge in [0.15, 0.2) is 5.69 Å². The third kappa shape index (κ3) is 4.35. The molecule has 3 aromatic rings. The van der Waals surface area contributed by atoms with Crippen LogP contribution >= 0.6 is 0 Å². The van der Waals surface area contributed by atoms with Crippen molar-refractivity contribution in [2.24, 2.45) is 7.05 Å². The Labute approximate surface area is 164 Å². The van der Waals surface area contributed by atoms with Crippen molar-refractivity contribution in [3.8, 4) is 17.4 Å². The molecule has 4 rings (SSSR count). The monoisotopic (exact) mass is 403 g/mol. The summed E-state index contributed by atoms with van der Waals surface area (Å²) < 4.78 is 50.4. The largest absolute Gasteiger partial charge is 0.457 e. The number of para-hydroxylation sites is 1. The molecule has 0 aliphatic carbocycles. The highest BCUT2D eigenvalue weighted by atomic mass is 19.4. The van der Waals surface area contributed by atoms with Gasteiger partial charge in [-0.3, -0.25) is 4.84 Å². The standard InChI is InChI=1S/C20H16F3N3O3/c1-26-19(12-17(24-26)20(21,22)23)28-18-11-16(29-25-18)13-7-9-15(10-8-13)27-14-5-3-2-4-6-14/h2-12,16,25H,1H3. The van der Waals surface area contributed by atoms with E-state index in [1.165, 1.54) is 7.05 Å². The Morgan fingerprint density at radius 3 is 2.34 bits per heavy atom. The second kappa shape index (κ2) is 7.51. The molecule has 1 N–H and O–H groups in total. The first-order chi connectivity index (χ1) is 13.9. The first kappa shape index (κ1) is 18.9. The van der Waals surface area contributed by atoms with Gasteiger partial charge in [0.1, 0.15) is 17.6 Å². The maximum atomic E-state index is 12.8. The van der Waals surface area contributed by atoms with Gasteiger partial charge in [-0.15, -0.1) is 0 Å². The molecule has 2 aromatic carbocycles. The van der Waals surface area contributed by atoms with Gasteiger partial charge in [-0.05, 0) is 29.8 Å². The maximum Gasteiger partial charge on any atom is 0.435 e. The van der Waals surface area contributed by atoms with Crippen LogP contribution in [0.15, 0.2) is 72.6 Å². The number of nitrogens with one attached hydrogen (secondary N) is 1. The van der Waals surface area contributed by atoms with E-state index in [0.717, 1.165) is 22.1 Å². The van der Waals surface area contributed by atoms with Gasteiger partial charge in [0.25, 0.3) is 0 Å². The molecule has 1 unspecified atom stereocenters. The Bertz CT molecular complexity index is 1010. The molecule has 9 heteroatoms. The van der Waals surface area contributed by atoms with Gasteiger partial charge in [0, 0.05) is 19.2 Å². The second-order valence-corrected chi connectivity index (χ2v) is 6.25. The third-order valence-electron chi connectivity index (χ3n) is 4.12. The number of aryl methyl sites for hydroxylation is 1. The van der Waals surface area contributed by atoms with Crippen LogP contribution in [-0.2, 0) is 18.1 Å². The van der Waals surface area contributed by atoms with E-state index in [1.54, 1.807) is 18.2 Å². The fourth-order valence-corrected chi connectivity index (χ4v) is 2.69. The minimum atomic E-state index is -4.54. The molecule has 0 saturated heterocycles. The molecule has 2 heterocycles. The number of benzene rings is 2. The van der Waals surface area contributed by atoms with Gasteiger partial charge in [-0.2, -0.15) is 18.3 Å². The van der Waals surface area contributed by atoms with E-state index in [4.69, 9.17) is 14.3 Å². The van der Waals surface area contributed by atoms with Gasteiger partial charge in [-0.1, -0.05) is 30.3 Å². The fraction of sp³-hybridized carbons (Fsp3) is 0.150. The number of hydroxylamine groups is 1. The highest BCUT2D eigenvalue weighted by molar-refractivity contribution is 5.35. The van der Waals surface area contributed by atoms with Gasteiger partial charge >= 0.3 is 6.18 Å². The van der Waals surface area contributed by atoms with E-state index in [-0.39, 0.29) is 11.8 Å². The minimum absolute atomic E-state index is 0.0630. The SMILES string of the molecule is Cn1nc(C(F)(F)F)cc1OC1=CC(c2ccc(Oc3ccccc3)cc2)ON1. The lowest BCUT2D eigenvalue weighted by Crippen LogP contribution is -2.13. The quantitative estimate of drug-likeness (QED) is 0.668. The molecule has 0 bridgehead atoms. The van der Waals surface area contributed by atoms with Gasteiger partial charge < -0.3 is 9.47 Å². The number of alkyl halides is 3. The maximum absolute atomic E-state index is 12.8. The molecule has 150 valence electrons. The van der Waals surface area contributed by atoms with Gasteiger partial charge in [0.05, 0.1) is 0 Å². The van der Waals surface area contributed by atoms with Crippen LogP contribution in [-0.4, -0.2) is 9.78 Å². The number of rotatable bonds is 5. The van der Waals surface area contributed by atoms with Gasteiger partial charge in [0.2, 0.25) is 11.8 Å². The molecular formula is C20H16F3N3O3. The summed E-state index contributed by atoms with van der Waals surface area (Å²) in [6.45, 7) is 0. The predicted molar refractivity (Wildman–Crippen MR) is 96.8 cm³/mol. The summed E-state index contributed by atoms with van der Waals surface area (Å²) in [5, 5.41) is 3.40. The Morgan fingerprint density at radius 1 is 1.00 bits per heavy atom. The van der Waals surface area contributed by atoms with E-state index >= 15 is 0 Å². The van der Waals surface area contributed by atoms with Crippen LogP contribution < -0.4 is 15.0 Å². The van der Waals surface area contributed by atoms with Crippen LogP contribution in [0.2, 0.25) is 0 Å². The number of nitrogens with zero attached hydrogens (tertiary/aromatic N) is 2. The molecule has 6 nitrogen and oxygen atoms in total. The number of halogens is 3. The Balaban J connectivity index is 1.43. The molecule has 1 aromatic heterocycles. The second-order valence-electron chi connectivity index (χ2n) is 6.25. The zero-order valence-electron chi connectivity index (χ0n) is 15.2. The van der Waals surface area contributed by atoms with E-state index in [2.05, 4.69) is 10.6 Å². The van der Waals surface area contributed by atoms with Crippen molar-refractivity contribution in [2.75, 3.05) is 0 Å². The van der Waals surface area contributed by atoms with Crippen LogP contribution in [0.4, 0.5) is 13.2 Å². The normalized spacial score (nSPS) is 16.3. The van der Waals surface area contributed by atoms with Crippen LogP contribution in [0.5, 0.6) is 17.4 Å². The lowest BCUT2D eigenvalue weighted by Gasteiger charge is -2.09. The third-order valence-corrected chi connectivity index (χ3v) is 4.12. The number of hydrogen-bond acceptors (Lipinski definition) is 5. The summed E-state index contributed by atoms with van der Waals surface area (Å²) in [7, 11) is 1.36. The Hall–Kier alpha value is -3.46. The summed E-state index contributed by atoms with van der Waals surface area (Å²) in [5.41, 5.74) is 2.36. The lowest BCUT2D eigenvalue weighted by atomic mass is 10.1. The van der Waals surface area contributed by atoms with Crippen molar-refractivity contribution >= 4 is 0 Å². The molecule has 0 amide bonds. The van der Waals surface area contributed by atoms with Crippen LogP contribution in [0.3, 0.4) is 0 Å². The Kier molecular flexibility index (Phi) is 4.89. The zero-order valence-corrected chi connectivity index (χ0v) is 15.2. The van der Waals surface area contributed by atoms with Crippen molar-refractivity contribution in [3.63, 3.8) is 0 Å². The average molecular weight is 403 g/mol. The Morgan fingerprint density at radius 2 is 1.69 bits per heavy atom. The summed E-state index contributed by atoms with van der Waals surface area (Å²) >= 11 is 0. The van der Waals surface area contributed by atoms with Crippen molar-refractivity contribution in [1.82, 2.24) is 15.3 Å². The highest BCUT2D eigenvalue weighted by Crippen LogP contribution is 2.32. The van der Waals surface area contributed by atoms with E-state index < -0.39 is 18.0 Å². The number of ether oxygens (including phenoxy) is 2. The molecule has 1 aliphatic rings. The summed E-state index contributed by atoms with van der Waals surface area (Å²) in [6, 6.07) is 17.5. The first-order valence-corrected chi connectivity index (χ1v) is 8.64. The van der Waals surface area contributed by atoms with E-state index in [1.807, 2.05) is 42.5 Å². The summed E-state index contributed by atoms with van der Waals surface area (Å²) in [4.78, 5) is 5.44. The first-order valence-electron chi connectivity index (χ1n) is 8.64. The summed E-state index contributed by atoms with van der Waals surface area (Å²) in [5.74, 6) is 1.51. The number of hydrogen-bond donors (Lipinski definition) is 1. The van der Waals surface area contributed by atoms with Crippen LogP contribution in [0.1, 0.15) is 17.4 Å².